The summed E-state index contributed by atoms with van der Waals surface area (Å²) >= 11 is 0. The summed E-state index contributed by atoms with van der Waals surface area (Å²) in [5.74, 6) is -1.15. The van der Waals surface area contributed by atoms with E-state index in [1.165, 1.54) is 6.92 Å². The summed E-state index contributed by atoms with van der Waals surface area (Å²) in [5, 5.41) is 0. The van der Waals surface area contributed by atoms with Crippen LogP contribution in [-0.2, 0) is 39.8 Å². The smallest absolute Gasteiger partial charge is 0.303 e. The van der Waals surface area contributed by atoms with Crippen molar-refractivity contribution in [3.63, 3.8) is 0 Å². The van der Waals surface area contributed by atoms with Crippen LogP contribution in [0.5, 0.6) is 0 Å². The molecule has 0 bridgehead atoms. The van der Waals surface area contributed by atoms with Gasteiger partial charge in [-0.3, -0.25) is 4.79 Å². The van der Waals surface area contributed by atoms with Crippen LogP contribution in [0.4, 0.5) is 0 Å². The normalized spacial score (nSPS) is 29.4. The molecule has 0 aromatic heterocycles. The summed E-state index contributed by atoms with van der Waals surface area (Å²) in [5.41, 5.74) is 1.04. The molecule has 156 valence electrons. The van der Waals surface area contributed by atoms with Gasteiger partial charge in [0.2, 0.25) is 0 Å². The van der Waals surface area contributed by atoms with Gasteiger partial charge in [-0.15, -0.1) is 0 Å². The van der Waals surface area contributed by atoms with Gasteiger partial charge in [0.25, 0.3) is 0 Å². The average molecular weight is 394 g/mol. The molecule has 0 unspecified atom stereocenters. The maximum Gasteiger partial charge on any atom is 0.303 e. The van der Waals surface area contributed by atoms with E-state index in [0.29, 0.717) is 13.2 Å². The van der Waals surface area contributed by atoms with E-state index < -0.39 is 42.5 Å². The number of ether oxygens (including phenoxy) is 6. The lowest BCUT2D eigenvalue weighted by Crippen LogP contribution is -2.46. The molecule has 28 heavy (non-hydrogen) atoms. The fourth-order valence-electron chi connectivity index (χ4n) is 3.51. The number of esters is 1. The zero-order chi connectivity index (χ0) is 20.1. The van der Waals surface area contributed by atoms with Crippen LogP contribution < -0.4 is 0 Å². The van der Waals surface area contributed by atoms with E-state index >= 15 is 0 Å². The van der Waals surface area contributed by atoms with Crippen LogP contribution in [0.2, 0.25) is 0 Å². The fourth-order valence-corrected chi connectivity index (χ4v) is 3.51. The van der Waals surface area contributed by atoms with Gasteiger partial charge in [0, 0.05) is 13.5 Å². The van der Waals surface area contributed by atoms with E-state index in [9.17, 15) is 4.79 Å². The highest BCUT2D eigenvalue weighted by molar-refractivity contribution is 5.66. The Morgan fingerprint density at radius 2 is 1.96 bits per heavy atom. The van der Waals surface area contributed by atoms with Crippen LogP contribution in [0, 0.1) is 0 Å². The van der Waals surface area contributed by atoms with Gasteiger partial charge in [-0.2, -0.15) is 0 Å². The van der Waals surface area contributed by atoms with Crippen LogP contribution in [0.15, 0.2) is 30.3 Å². The van der Waals surface area contributed by atoms with Crippen LogP contribution in [0.3, 0.4) is 0 Å². The molecule has 2 heterocycles. The highest BCUT2D eigenvalue weighted by Crippen LogP contribution is 2.40. The van der Waals surface area contributed by atoms with Gasteiger partial charge >= 0.3 is 5.97 Å². The Morgan fingerprint density at radius 3 is 2.64 bits per heavy atom. The Balaban J connectivity index is 1.75. The third-order valence-electron chi connectivity index (χ3n) is 4.63. The summed E-state index contributed by atoms with van der Waals surface area (Å²) in [7, 11) is 0. The fraction of sp³-hybridized carbons (Fsp3) is 0.667. The minimum Gasteiger partial charge on any atom is -0.457 e. The SMILES string of the molecule is CCCOC[C@@H](OC(C)=O)[C@H]1O[C@@H]2OC(C)(C)O[C@@H]2[C@@H]1OCc1ccccc1. The molecule has 0 amide bonds. The van der Waals surface area contributed by atoms with E-state index in [0.717, 1.165) is 12.0 Å². The average Bonchev–Trinajstić information content (AvgIpc) is 3.11. The third kappa shape index (κ3) is 5.30. The van der Waals surface area contributed by atoms with Crippen molar-refractivity contribution < 1.29 is 33.2 Å². The number of hydrogen-bond donors (Lipinski definition) is 0. The molecule has 2 fully saturated rings. The molecule has 2 saturated heterocycles. The summed E-state index contributed by atoms with van der Waals surface area (Å²) < 4.78 is 35.3. The highest BCUT2D eigenvalue weighted by atomic mass is 16.8. The second-order valence-corrected chi connectivity index (χ2v) is 7.55. The Morgan fingerprint density at radius 1 is 1.21 bits per heavy atom. The van der Waals surface area contributed by atoms with Gasteiger partial charge in [0.15, 0.2) is 18.2 Å². The molecular formula is C21H30O7. The molecule has 0 spiro atoms. The van der Waals surface area contributed by atoms with Crippen molar-refractivity contribution in [2.75, 3.05) is 13.2 Å². The molecule has 2 aliphatic heterocycles. The van der Waals surface area contributed by atoms with E-state index in [1.54, 1.807) is 0 Å². The summed E-state index contributed by atoms with van der Waals surface area (Å²) in [6.45, 7) is 8.27. The first-order valence-corrected chi connectivity index (χ1v) is 9.81. The number of carbonyl (C=O) groups is 1. The topological polar surface area (TPSA) is 72.5 Å². The zero-order valence-electron chi connectivity index (χ0n) is 17.0. The Kier molecular flexibility index (Phi) is 7.06. The number of hydrogen-bond acceptors (Lipinski definition) is 7. The van der Waals surface area contributed by atoms with Crippen molar-refractivity contribution in [1.29, 1.82) is 0 Å². The first-order valence-electron chi connectivity index (χ1n) is 9.81. The summed E-state index contributed by atoms with van der Waals surface area (Å²) in [6, 6.07) is 9.86. The molecule has 0 N–H and O–H groups in total. The molecule has 1 aromatic rings. The molecule has 0 aliphatic carbocycles. The number of benzene rings is 1. The lowest BCUT2D eigenvalue weighted by atomic mass is 10.1. The van der Waals surface area contributed by atoms with E-state index in [-0.39, 0.29) is 6.61 Å². The van der Waals surface area contributed by atoms with Gasteiger partial charge < -0.3 is 28.4 Å². The van der Waals surface area contributed by atoms with Crippen LogP contribution >= 0.6 is 0 Å². The van der Waals surface area contributed by atoms with Crippen molar-refractivity contribution in [1.82, 2.24) is 0 Å². The van der Waals surface area contributed by atoms with E-state index in [4.69, 9.17) is 28.4 Å². The van der Waals surface area contributed by atoms with Crippen LogP contribution in [-0.4, -0.2) is 55.7 Å². The second-order valence-electron chi connectivity index (χ2n) is 7.55. The largest absolute Gasteiger partial charge is 0.457 e. The van der Waals surface area contributed by atoms with Gasteiger partial charge in [0.1, 0.15) is 18.3 Å². The van der Waals surface area contributed by atoms with Crippen molar-refractivity contribution in [3.05, 3.63) is 35.9 Å². The maximum atomic E-state index is 11.6. The number of carbonyl (C=O) groups excluding carboxylic acids is 1. The molecular weight excluding hydrogens is 364 g/mol. The molecule has 5 atom stereocenters. The second kappa shape index (κ2) is 9.33. The molecule has 3 rings (SSSR count). The monoisotopic (exact) mass is 394 g/mol. The van der Waals surface area contributed by atoms with E-state index in [2.05, 4.69) is 0 Å². The molecule has 7 heteroatoms. The van der Waals surface area contributed by atoms with Crippen LogP contribution in [0.25, 0.3) is 0 Å². The summed E-state index contributed by atoms with van der Waals surface area (Å²) in [6.07, 6.45) is -1.72. The highest BCUT2D eigenvalue weighted by Gasteiger charge is 2.57. The number of rotatable bonds is 9. The lowest BCUT2D eigenvalue weighted by Gasteiger charge is -2.30. The predicted molar refractivity (Wildman–Crippen MR) is 100 cm³/mol. The Labute approximate surface area is 166 Å². The van der Waals surface area contributed by atoms with Gasteiger partial charge in [0.05, 0.1) is 13.2 Å². The maximum absolute atomic E-state index is 11.6. The molecule has 7 nitrogen and oxygen atoms in total. The van der Waals surface area contributed by atoms with Crippen molar-refractivity contribution in [3.8, 4) is 0 Å². The summed E-state index contributed by atoms with van der Waals surface area (Å²) in [4.78, 5) is 11.6. The minimum atomic E-state index is -0.760. The van der Waals surface area contributed by atoms with E-state index in [1.807, 2.05) is 51.1 Å². The third-order valence-corrected chi connectivity index (χ3v) is 4.63. The molecule has 2 aliphatic rings. The van der Waals surface area contributed by atoms with Crippen LogP contribution in [0.1, 0.15) is 39.7 Å². The molecule has 0 saturated carbocycles. The standard InChI is InChI=1S/C21H30O7/c1-5-11-23-13-16(25-14(2)22)17-18(24-12-15-9-7-6-8-10-15)19-20(26-17)28-21(3,4)27-19/h6-10,16-20H,5,11-13H2,1-4H3/t16-,17-,18-,19-,20-/m1/s1. The first kappa shape index (κ1) is 21.2. The first-order chi connectivity index (χ1) is 13.4. The van der Waals surface area contributed by atoms with Crippen molar-refractivity contribution in [2.24, 2.45) is 0 Å². The minimum absolute atomic E-state index is 0.228. The predicted octanol–water partition coefficient (Wildman–Crippen LogP) is 2.81. The quantitative estimate of drug-likeness (QED) is 0.471. The van der Waals surface area contributed by atoms with Gasteiger partial charge in [-0.25, -0.2) is 0 Å². The van der Waals surface area contributed by atoms with Crippen molar-refractivity contribution >= 4 is 5.97 Å². The van der Waals surface area contributed by atoms with Gasteiger partial charge in [-0.1, -0.05) is 37.3 Å². The molecule has 0 radical (unpaired) electrons. The Bertz CT molecular complexity index is 633. The molecule has 1 aromatic carbocycles. The zero-order valence-corrected chi connectivity index (χ0v) is 17.0. The number of fused-ring (bicyclic) bond motifs is 1. The lowest BCUT2D eigenvalue weighted by molar-refractivity contribution is -0.236. The van der Waals surface area contributed by atoms with Crippen molar-refractivity contribution in [2.45, 2.75) is 77.2 Å². The van der Waals surface area contributed by atoms with Gasteiger partial charge in [-0.05, 0) is 25.8 Å². The Hall–Kier alpha value is -1.51.